The van der Waals surface area contributed by atoms with Crippen LogP contribution in [-0.2, 0) is 19.2 Å². The Balaban J connectivity index is 0.000000270. The van der Waals surface area contributed by atoms with Crippen LogP contribution in [0.1, 0.15) is 36.8 Å². The number of carbonyl (C=O) groups is 4. The Morgan fingerprint density at radius 3 is 1.04 bits per heavy atom. The van der Waals surface area contributed by atoms with Gasteiger partial charge in [-0.15, -0.1) is 0 Å². The van der Waals surface area contributed by atoms with Crippen molar-refractivity contribution in [2.75, 3.05) is 0 Å². The van der Waals surface area contributed by atoms with Crippen LogP contribution in [0, 0.1) is 0 Å². The second kappa shape index (κ2) is 14.5. The van der Waals surface area contributed by atoms with E-state index in [2.05, 4.69) is 0 Å². The molecule has 0 bridgehead atoms. The van der Waals surface area contributed by atoms with Crippen molar-refractivity contribution in [2.24, 2.45) is 0 Å². The van der Waals surface area contributed by atoms with Gasteiger partial charge in [-0.1, -0.05) is 24.3 Å². The first-order valence-corrected chi connectivity index (χ1v) is 14.6. The van der Waals surface area contributed by atoms with E-state index >= 15 is 0 Å². The van der Waals surface area contributed by atoms with Crippen molar-refractivity contribution in [1.82, 2.24) is 0 Å². The molecule has 2 aromatic rings. The molecule has 4 atom stereocenters. The first kappa shape index (κ1) is 39.5. The summed E-state index contributed by atoms with van der Waals surface area (Å²) in [6, 6.07) is 7.34. The number of phenolic OH excluding ortho intramolecular Hbond substituents is 4. The van der Waals surface area contributed by atoms with Gasteiger partial charge in [0.05, 0.1) is 24.4 Å². The minimum atomic E-state index is -2.68. The van der Waals surface area contributed by atoms with E-state index in [1.807, 2.05) is 0 Å². The molecule has 0 unspecified atom stereocenters. The molecule has 18 heteroatoms. The van der Waals surface area contributed by atoms with E-state index in [1.54, 1.807) is 0 Å². The van der Waals surface area contributed by atoms with Crippen molar-refractivity contribution in [2.45, 2.75) is 72.5 Å². The highest BCUT2D eigenvalue weighted by Crippen LogP contribution is 2.38. The van der Waals surface area contributed by atoms with Crippen molar-refractivity contribution in [3.63, 3.8) is 0 Å². The zero-order valence-corrected chi connectivity index (χ0v) is 25.8. The molecule has 0 radical (unpaired) electrons. The largest absolute Gasteiger partial charge is 0.504 e. The highest BCUT2D eigenvalue weighted by Gasteiger charge is 2.60. The van der Waals surface area contributed by atoms with Crippen molar-refractivity contribution in [1.29, 1.82) is 0 Å². The van der Waals surface area contributed by atoms with E-state index in [9.17, 15) is 80.5 Å². The molecule has 2 saturated carbocycles. The molecular weight excluding hydrogens is 672 g/mol. The molecule has 4 rings (SSSR count). The minimum absolute atomic E-state index is 0.286. The number of phenols is 4. The fourth-order valence-electron chi connectivity index (χ4n) is 5.42. The number of ketones is 2. The van der Waals surface area contributed by atoms with E-state index in [0.717, 1.165) is 36.4 Å². The summed E-state index contributed by atoms with van der Waals surface area (Å²) in [4.78, 5) is 46.5. The van der Waals surface area contributed by atoms with Crippen LogP contribution in [0.5, 0.6) is 23.0 Å². The van der Waals surface area contributed by atoms with Gasteiger partial charge in [0.1, 0.15) is 0 Å². The highest BCUT2D eigenvalue weighted by molar-refractivity contribution is 6.02. The van der Waals surface area contributed by atoms with Crippen LogP contribution < -0.4 is 0 Å². The molecule has 50 heavy (non-hydrogen) atoms. The van der Waals surface area contributed by atoms with Gasteiger partial charge in [0.15, 0.2) is 57.0 Å². The van der Waals surface area contributed by atoms with Gasteiger partial charge in [0.25, 0.3) is 0 Å². The normalized spacial score (nSPS) is 32.6. The maximum absolute atomic E-state index is 12.2. The Morgan fingerprint density at radius 2 is 0.800 bits per heavy atom. The lowest BCUT2D eigenvalue weighted by Crippen LogP contribution is -2.66. The van der Waals surface area contributed by atoms with Crippen LogP contribution in [0.4, 0.5) is 0 Å². The lowest BCUT2D eigenvalue weighted by molar-refractivity contribution is -0.215. The summed E-state index contributed by atoms with van der Waals surface area (Å²) in [6.07, 6.45) is -7.40. The zero-order chi connectivity index (χ0) is 38.0. The van der Waals surface area contributed by atoms with E-state index in [1.165, 1.54) is 24.3 Å². The summed E-state index contributed by atoms with van der Waals surface area (Å²) in [5.41, 5.74) is -9.72. The Morgan fingerprint density at radius 1 is 0.520 bits per heavy atom. The quantitative estimate of drug-likeness (QED) is 0.0994. The molecule has 2 aromatic carbocycles. The van der Waals surface area contributed by atoms with Gasteiger partial charge < -0.3 is 71.5 Å². The smallest absolute Gasteiger partial charge is 0.335 e. The number of carbonyl (C=O) groups excluding carboxylic acids is 2. The number of hydrogen-bond donors (Lipinski definition) is 14. The highest BCUT2D eigenvalue weighted by atomic mass is 16.4. The average molecular weight is 709 g/mol. The summed E-state index contributed by atoms with van der Waals surface area (Å²) >= 11 is 0. The summed E-state index contributed by atoms with van der Waals surface area (Å²) in [7, 11) is 0. The molecule has 2 aliphatic rings. The maximum Gasteiger partial charge on any atom is 0.335 e. The molecule has 0 heterocycles. The summed E-state index contributed by atoms with van der Waals surface area (Å²) in [5, 5.41) is 135. The molecule has 2 fully saturated rings. The van der Waals surface area contributed by atoms with Crippen LogP contribution in [0.3, 0.4) is 0 Å². The summed E-state index contributed by atoms with van der Waals surface area (Å²) < 4.78 is 0. The van der Waals surface area contributed by atoms with Gasteiger partial charge in [0.2, 0.25) is 0 Å². The van der Waals surface area contributed by atoms with Crippen LogP contribution in [0.2, 0.25) is 0 Å². The van der Waals surface area contributed by atoms with Gasteiger partial charge in [0, 0.05) is 25.7 Å². The Hall–Kier alpha value is -4.92. The SMILES string of the molecule is O=C(O)C1(O)C[C@@H](O)C(O)(C(=O)/C=C/c2ccc(O)c(O)c2)[C@H](O)C1.O=C(O)C1(O)C[C@@H](O)C(O)(C(=O)/C=C/c2ccc(O)c(O)c2)[C@H](O)C1. The fourth-order valence-corrected chi connectivity index (χ4v) is 5.42. The lowest BCUT2D eigenvalue weighted by atomic mass is 9.70. The Bertz CT molecular complexity index is 1550. The molecular formula is C32H36O18. The number of aliphatic hydroxyl groups excluding tert-OH is 4. The van der Waals surface area contributed by atoms with Gasteiger partial charge in [-0.25, -0.2) is 9.59 Å². The van der Waals surface area contributed by atoms with Crippen molar-refractivity contribution >= 4 is 35.7 Å². The third-order valence-corrected chi connectivity index (χ3v) is 8.60. The first-order chi connectivity index (χ1) is 23.0. The lowest BCUT2D eigenvalue weighted by Gasteiger charge is -2.44. The predicted molar refractivity (Wildman–Crippen MR) is 165 cm³/mol. The van der Waals surface area contributed by atoms with Crippen molar-refractivity contribution < 1.29 is 90.7 Å². The Kier molecular flexibility index (Phi) is 11.5. The van der Waals surface area contributed by atoms with Gasteiger partial charge >= 0.3 is 11.9 Å². The molecule has 0 saturated heterocycles. The van der Waals surface area contributed by atoms with Gasteiger partial charge in [-0.2, -0.15) is 0 Å². The second-order valence-electron chi connectivity index (χ2n) is 12.1. The molecule has 18 nitrogen and oxygen atoms in total. The number of aliphatic carboxylic acids is 2. The van der Waals surface area contributed by atoms with Gasteiger partial charge in [-0.05, 0) is 47.5 Å². The van der Waals surface area contributed by atoms with E-state index in [-0.39, 0.29) is 22.6 Å². The fraction of sp³-hybridized carbons (Fsp3) is 0.375. The van der Waals surface area contributed by atoms with Crippen molar-refractivity contribution in [3.05, 3.63) is 59.7 Å². The molecule has 272 valence electrons. The number of hydrogen-bond acceptors (Lipinski definition) is 16. The molecule has 0 aromatic heterocycles. The molecule has 0 amide bonds. The number of rotatable bonds is 8. The minimum Gasteiger partial charge on any atom is -0.504 e. The van der Waals surface area contributed by atoms with E-state index < -0.39 is 108 Å². The predicted octanol–water partition coefficient (Wildman–Crippen LogP) is -2.51. The summed E-state index contributed by atoms with van der Waals surface area (Å²) in [5.74, 6) is -7.18. The Labute approximate surface area is 281 Å². The van der Waals surface area contributed by atoms with Crippen LogP contribution in [0.15, 0.2) is 48.6 Å². The number of carboxylic acid groups (broad SMARTS) is 2. The molecule has 14 N–H and O–H groups in total. The van der Waals surface area contributed by atoms with E-state index in [4.69, 9.17) is 10.2 Å². The zero-order valence-electron chi connectivity index (χ0n) is 25.8. The van der Waals surface area contributed by atoms with Crippen LogP contribution in [-0.4, -0.2) is 142 Å². The number of aliphatic hydroxyl groups is 8. The van der Waals surface area contributed by atoms with Gasteiger partial charge in [-0.3, -0.25) is 9.59 Å². The monoisotopic (exact) mass is 708 g/mol. The summed E-state index contributed by atoms with van der Waals surface area (Å²) in [6.45, 7) is 0. The van der Waals surface area contributed by atoms with E-state index in [0.29, 0.717) is 0 Å². The second-order valence-corrected chi connectivity index (χ2v) is 12.1. The standard InChI is InChI=1S/2C16H18O9/c2*17-9-3-1-8(5-10(9)18)2-4-11(19)16(25)12(20)6-15(24,14(22)23)7-13(16)21/h2*1-5,12-13,17-18,20-21,24-25H,6-7H2,(H,22,23)/b2*4-2+/t2*12-,13-,15?,16?/m11/s1. The molecule has 0 aliphatic heterocycles. The topological polar surface area (TPSA) is 352 Å². The van der Waals surface area contributed by atoms with Crippen molar-refractivity contribution in [3.8, 4) is 23.0 Å². The molecule has 2 aliphatic carbocycles. The average Bonchev–Trinajstić information content (AvgIpc) is 3.03. The molecule has 0 spiro atoms. The third kappa shape index (κ3) is 7.77. The number of aromatic hydroxyl groups is 4. The first-order valence-electron chi connectivity index (χ1n) is 14.6. The van der Waals surface area contributed by atoms with Crippen LogP contribution >= 0.6 is 0 Å². The third-order valence-electron chi connectivity index (χ3n) is 8.60. The van der Waals surface area contributed by atoms with Crippen LogP contribution in [0.25, 0.3) is 12.2 Å². The maximum atomic E-state index is 12.2. The number of benzene rings is 2. The number of carboxylic acids is 2.